The van der Waals surface area contributed by atoms with Crippen LogP contribution in [0.2, 0.25) is 5.02 Å². The molecule has 2 aromatic heterocycles. The van der Waals surface area contributed by atoms with Gasteiger partial charge in [-0.1, -0.05) is 52.3 Å². The molecule has 0 aliphatic heterocycles. The maximum absolute atomic E-state index is 12.9. The molecule has 0 spiro atoms. The SMILES string of the molecule is CC(C)C(C(=O)Nc1cccc(C(F)(F)F)n1)S(=O)(=O)c1ccc(C(F)(F)F)cc1.Cc1sc(NC(=O)C(C)(C)S(=O)(=O)c2ccc(Cl)cc2)nc1C(C)(C)C. The summed E-state index contributed by atoms with van der Waals surface area (Å²) in [6, 6.07) is 11.1. The number of aryl methyl sites for hydroxylation is 1. The molecule has 2 N–H and O–H groups in total. The lowest BCUT2D eigenvalue weighted by Gasteiger charge is -2.23. The van der Waals surface area contributed by atoms with Crippen molar-refractivity contribution < 1.29 is 52.8 Å². The molecule has 2 heterocycles. The second-order valence-corrected chi connectivity index (χ2v) is 20.4. The Kier molecular flexibility index (Phi) is 13.9. The van der Waals surface area contributed by atoms with Gasteiger partial charge in [-0.05, 0) is 87.4 Å². The number of halogens is 7. The minimum Gasteiger partial charge on any atom is -0.310 e. The first-order chi connectivity index (χ1) is 25.4. The van der Waals surface area contributed by atoms with Gasteiger partial charge in [0, 0.05) is 15.3 Å². The van der Waals surface area contributed by atoms with Crippen molar-refractivity contribution in [2.45, 2.75) is 92.9 Å². The molecule has 10 nitrogen and oxygen atoms in total. The van der Waals surface area contributed by atoms with Crippen molar-refractivity contribution in [3.63, 3.8) is 0 Å². The molecule has 0 radical (unpaired) electrons. The highest BCUT2D eigenvalue weighted by Gasteiger charge is 2.43. The summed E-state index contributed by atoms with van der Waals surface area (Å²) >= 11 is 7.16. The number of pyridine rings is 1. The molecule has 0 aliphatic rings. The van der Waals surface area contributed by atoms with Crippen LogP contribution in [0.3, 0.4) is 0 Å². The average Bonchev–Trinajstić information content (AvgIpc) is 3.44. The Hall–Kier alpha value is -4.07. The molecular weight excluding hydrogens is 830 g/mol. The van der Waals surface area contributed by atoms with E-state index in [9.17, 15) is 52.8 Å². The van der Waals surface area contributed by atoms with Gasteiger partial charge < -0.3 is 10.6 Å². The number of amides is 2. The highest BCUT2D eigenvalue weighted by atomic mass is 35.5. The topological polar surface area (TPSA) is 152 Å². The molecule has 306 valence electrons. The molecule has 56 heavy (non-hydrogen) atoms. The van der Waals surface area contributed by atoms with E-state index < -0.39 is 81.7 Å². The lowest BCUT2D eigenvalue weighted by Crippen LogP contribution is -2.44. The van der Waals surface area contributed by atoms with Gasteiger partial charge in [-0.25, -0.2) is 26.8 Å². The summed E-state index contributed by atoms with van der Waals surface area (Å²) in [7, 11) is -8.35. The molecule has 2 aromatic carbocycles. The van der Waals surface area contributed by atoms with Gasteiger partial charge >= 0.3 is 12.4 Å². The molecule has 0 saturated heterocycles. The van der Waals surface area contributed by atoms with Gasteiger partial charge in [0.05, 0.1) is 21.0 Å². The van der Waals surface area contributed by atoms with E-state index in [-0.39, 0.29) is 10.3 Å². The number of rotatable bonds is 9. The highest BCUT2D eigenvalue weighted by Crippen LogP contribution is 2.34. The third kappa shape index (κ3) is 10.9. The average molecular weight is 869 g/mol. The Morgan fingerprint density at radius 3 is 1.75 bits per heavy atom. The van der Waals surface area contributed by atoms with Crippen molar-refractivity contribution in [3.8, 4) is 0 Å². The lowest BCUT2D eigenvalue weighted by atomic mass is 9.92. The zero-order valence-corrected chi connectivity index (χ0v) is 34.4. The smallest absolute Gasteiger partial charge is 0.310 e. The number of anilines is 2. The van der Waals surface area contributed by atoms with Gasteiger partial charge in [-0.3, -0.25) is 9.59 Å². The second kappa shape index (κ2) is 16.8. The zero-order chi connectivity index (χ0) is 42.8. The molecule has 0 aliphatic carbocycles. The van der Waals surface area contributed by atoms with Crippen LogP contribution in [0, 0.1) is 12.8 Å². The van der Waals surface area contributed by atoms with Gasteiger partial charge in [0.1, 0.15) is 21.5 Å². The number of benzene rings is 2. The van der Waals surface area contributed by atoms with Crippen LogP contribution in [0.25, 0.3) is 0 Å². The fraction of sp³-hybridized carbons (Fsp3) is 0.389. The number of hydrogen-bond acceptors (Lipinski definition) is 9. The van der Waals surface area contributed by atoms with Gasteiger partial charge in [0.2, 0.25) is 11.8 Å². The number of carbonyl (C=O) groups excluding carboxylic acids is 2. The van der Waals surface area contributed by atoms with Crippen molar-refractivity contribution in [1.82, 2.24) is 9.97 Å². The normalized spacial score (nSPS) is 13.4. The minimum atomic E-state index is -4.77. The van der Waals surface area contributed by atoms with Crippen LogP contribution in [0.15, 0.2) is 76.5 Å². The fourth-order valence-corrected chi connectivity index (χ4v) is 9.46. The third-order valence-electron chi connectivity index (χ3n) is 8.07. The summed E-state index contributed by atoms with van der Waals surface area (Å²) < 4.78 is 126. The van der Waals surface area contributed by atoms with Gasteiger partial charge in [0.25, 0.3) is 0 Å². The Morgan fingerprint density at radius 2 is 1.29 bits per heavy atom. The third-order valence-corrected chi connectivity index (χ3v) is 14.0. The molecule has 4 aromatic rings. The number of hydrogen-bond donors (Lipinski definition) is 2. The van der Waals surface area contributed by atoms with E-state index in [0.717, 1.165) is 34.8 Å². The van der Waals surface area contributed by atoms with E-state index in [2.05, 4.69) is 15.3 Å². The molecule has 0 saturated carbocycles. The summed E-state index contributed by atoms with van der Waals surface area (Å²) in [5.41, 5.74) is -1.63. The van der Waals surface area contributed by atoms with E-state index in [1.165, 1.54) is 63.3 Å². The first-order valence-electron chi connectivity index (χ1n) is 16.5. The van der Waals surface area contributed by atoms with E-state index >= 15 is 0 Å². The number of nitrogens with zero attached hydrogens (tertiary/aromatic N) is 2. The lowest BCUT2D eigenvalue weighted by molar-refractivity contribution is -0.141. The van der Waals surface area contributed by atoms with Crippen LogP contribution in [0.5, 0.6) is 0 Å². The molecule has 2 amide bonds. The van der Waals surface area contributed by atoms with Crippen LogP contribution in [-0.4, -0.2) is 48.6 Å². The van der Waals surface area contributed by atoms with Crippen molar-refractivity contribution in [2.24, 2.45) is 5.92 Å². The number of sulfone groups is 2. The number of carbonyl (C=O) groups is 2. The minimum absolute atomic E-state index is 0.0488. The molecule has 0 bridgehead atoms. The van der Waals surface area contributed by atoms with Crippen LogP contribution in [0.1, 0.15) is 70.3 Å². The maximum atomic E-state index is 12.9. The van der Waals surface area contributed by atoms with Crippen LogP contribution in [-0.2, 0) is 47.0 Å². The molecule has 1 atom stereocenters. The highest BCUT2D eigenvalue weighted by molar-refractivity contribution is 7.93. The number of aromatic nitrogens is 2. The van der Waals surface area contributed by atoms with E-state index in [1.807, 2.05) is 33.0 Å². The quantitative estimate of drug-likeness (QED) is 0.158. The second-order valence-electron chi connectivity index (χ2n) is 14.2. The number of nitrogens with one attached hydrogen (secondary N) is 2. The zero-order valence-electron chi connectivity index (χ0n) is 31.2. The summed E-state index contributed by atoms with van der Waals surface area (Å²) in [5.74, 6) is -3.13. The number of thiazole rings is 1. The molecule has 4 rings (SSSR count). The maximum Gasteiger partial charge on any atom is 0.433 e. The van der Waals surface area contributed by atoms with Gasteiger partial charge in [-0.15, -0.1) is 11.3 Å². The first-order valence-corrected chi connectivity index (χ1v) is 20.7. The fourth-order valence-electron chi connectivity index (χ4n) is 5.07. The Bertz CT molecular complexity index is 2270. The van der Waals surface area contributed by atoms with Crippen molar-refractivity contribution in [1.29, 1.82) is 0 Å². The summed E-state index contributed by atoms with van der Waals surface area (Å²) in [5, 5.41) is 3.76. The molecule has 0 fully saturated rings. The van der Waals surface area contributed by atoms with E-state index in [1.54, 1.807) is 0 Å². The standard InChI is InChI=1S/C18H23ClN2O3S2.C18H16F6N2O3S/c1-11-14(17(2,3)4)20-16(25-11)21-15(22)18(5,6)26(23,24)13-9-7-12(19)8-10-13;1-10(2)15(16(27)26-14-5-3-4-13(25-14)18(22,23)24)30(28,29)12-8-6-11(7-9-12)17(19,20)21/h7-10H,1-6H3,(H,20,21,22);3-10,15H,1-2H3,(H,25,26,27). The van der Waals surface area contributed by atoms with Crippen molar-refractivity contribution in [2.75, 3.05) is 10.6 Å². The van der Waals surface area contributed by atoms with Gasteiger partial charge in [0.15, 0.2) is 24.8 Å². The van der Waals surface area contributed by atoms with Crippen LogP contribution >= 0.6 is 22.9 Å². The Labute approximate surface area is 329 Å². The Balaban J connectivity index is 0.000000303. The largest absolute Gasteiger partial charge is 0.433 e. The summed E-state index contributed by atoms with van der Waals surface area (Å²) in [6.07, 6.45) is -9.45. The Morgan fingerprint density at radius 1 is 0.750 bits per heavy atom. The van der Waals surface area contributed by atoms with Crippen molar-refractivity contribution in [3.05, 3.63) is 93.6 Å². The number of alkyl halides is 6. The van der Waals surface area contributed by atoms with Crippen molar-refractivity contribution >= 4 is 65.4 Å². The van der Waals surface area contributed by atoms with E-state index in [0.29, 0.717) is 28.4 Å². The van der Waals surface area contributed by atoms with Crippen LogP contribution < -0.4 is 10.6 Å². The molecular formula is C36H39ClF6N4O6S3. The summed E-state index contributed by atoms with van der Waals surface area (Å²) in [4.78, 5) is 33.5. The predicted octanol–water partition coefficient (Wildman–Crippen LogP) is 9.15. The molecule has 20 heteroatoms. The predicted molar refractivity (Wildman–Crippen MR) is 202 cm³/mol. The van der Waals surface area contributed by atoms with E-state index in [4.69, 9.17) is 11.6 Å². The molecule has 1 unspecified atom stereocenters. The summed E-state index contributed by atoms with van der Waals surface area (Å²) in [6.45, 7) is 13.6. The van der Waals surface area contributed by atoms with Crippen LogP contribution in [0.4, 0.5) is 37.3 Å². The first kappa shape index (κ1) is 46.3. The van der Waals surface area contributed by atoms with Gasteiger partial charge in [-0.2, -0.15) is 26.3 Å². The monoisotopic (exact) mass is 868 g/mol.